The van der Waals surface area contributed by atoms with Crippen molar-refractivity contribution in [3.8, 4) is 0 Å². The summed E-state index contributed by atoms with van der Waals surface area (Å²) >= 11 is 0. The Morgan fingerprint density at radius 2 is 2.15 bits per heavy atom. The highest BCUT2D eigenvalue weighted by Crippen LogP contribution is 2.41. The molecule has 5 heteroatoms. The summed E-state index contributed by atoms with van der Waals surface area (Å²) in [6.07, 6.45) is 5.76. The molecule has 1 saturated heterocycles. The van der Waals surface area contributed by atoms with Crippen LogP contribution in [0.5, 0.6) is 0 Å². The van der Waals surface area contributed by atoms with Gasteiger partial charge in [-0.1, -0.05) is 13.8 Å². The number of hydrogen-bond acceptors (Lipinski definition) is 3. The molecule has 4 nitrogen and oxygen atoms in total. The first kappa shape index (κ1) is 14.1. The van der Waals surface area contributed by atoms with Crippen molar-refractivity contribution in [2.75, 3.05) is 11.5 Å². The second-order valence-corrected chi connectivity index (χ2v) is 9.42. The van der Waals surface area contributed by atoms with Crippen LogP contribution in [0.2, 0.25) is 0 Å². The average Bonchev–Trinajstić information content (AvgIpc) is 2.69. The fourth-order valence-electron chi connectivity index (χ4n) is 3.82. The van der Waals surface area contributed by atoms with Crippen LogP contribution in [0.3, 0.4) is 0 Å². The molecule has 1 aliphatic heterocycles. The quantitative estimate of drug-likeness (QED) is 0.864. The van der Waals surface area contributed by atoms with E-state index in [0.717, 1.165) is 25.7 Å². The van der Waals surface area contributed by atoms with E-state index in [9.17, 15) is 8.42 Å². The van der Waals surface area contributed by atoms with Crippen molar-refractivity contribution >= 4 is 9.84 Å². The molecule has 0 saturated carbocycles. The first-order chi connectivity index (χ1) is 9.27. The summed E-state index contributed by atoms with van der Waals surface area (Å²) in [6, 6.07) is 2.27. The van der Waals surface area contributed by atoms with E-state index in [-0.39, 0.29) is 23.3 Å². The molecule has 0 radical (unpaired) electrons. The van der Waals surface area contributed by atoms with Gasteiger partial charge in [0.05, 0.1) is 11.5 Å². The predicted molar refractivity (Wildman–Crippen MR) is 80.4 cm³/mol. The standard InChI is InChI=1S/C15H24N2O2S/c1-15(2)8-13(16)12-5-6-17(14(12)9-15)11-4-3-7-20(18,19)10-11/h5-6,11,13H,3-4,7-10,16H2,1-2H3. The number of hydrogen-bond donors (Lipinski definition) is 1. The van der Waals surface area contributed by atoms with Gasteiger partial charge in [0.2, 0.25) is 0 Å². The number of nitrogens with zero attached hydrogens (tertiary/aromatic N) is 1. The monoisotopic (exact) mass is 296 g/mol. The Morgan fingerprint density at radius 1 is 1.40 bits per heavy atom. The van der Waals surface area contributed by atoms with Crippen LogP contribution in [-0.4, -0.2) is 24.5 Å². The lowest BCUT2D eigenvalue weighted by atomic mass is 9.74. The van der Waals surface area contributed by atoms with E-state index >= 15 is 0 Å². The van der Waals surface area contributed by atoms with Crippen LogP contribution in [0, 0.1) is 5.41 Å². The Hall–Kier alpha value is -0.810. The Kier molecular flexibility index (Phi) is 3.25. The van der Waals surface area contributed by atoms with Gasteiger partial charge in [0, 0.05) is 24.0 Å². The van der Waals surface area contributed by atoms with Crippen molar-refractivity contribution in [3.63, 3.8) is 0 Å². The van der Waals surface area contributed by atoms with Gasteiger partial charge in [-0.05, 0) is 42.7 Å². The Bertz CT molecular complexity index is 616. The van der Waals surface area contributed by atoms with Gasteiger partial charge in [-0.15, -0.1) is 0 Å². The van der Waals surface area contributed by atoms with Crippen molar-refractivity contribution in [2.24, 2.45) is 11.1 Å². The summed E-state index contributed by atoms with van der Waals surface area (Å²) in [5, 5.41) is 0. The minimum Gasteiger partial charge on any atom is -0.347 e. The summed E-state index contributed by atoms with van der Waals surface area (Å²) < 4.78 is 26.0. The van der Waals surface area contributed by atoms with Gasteiger partial charge in [-0.3, -0.25) is 0 Å². The van der Waals surface area contributed by atoms with Gasteiger partial charge in [0.25, 0.3) is 0 Å². The second-order valence-electron chi connectivity index (χ2n) is 7.19. The lowest BCUT2D eigenvalue weighted by molar-refractivity contribution is 0.271. The third kappa shape index (κ3) is 2.53. The molecule has 112 valence electrons. The molecule has 2 heterocycles. The molecule has 1 aromatic heterocycles. The number of nitrogens with two attached hydrogens (primary N) is 1. The van der Waals surface area contributed by atoms with E-state index in [2.05, 4.69) is 30.7 Å². The molecule has 2 atom stereocenters. The summed E-state index contributed by atoms with van der Waals surface area (Å²) in [4.78, 5) is 0. The average molecular weight is 296 g/mol. The maximum atomic E-state index is 11.9. The summed E-state index contributed by atoms with van der Waals surface area (Å²) in [5.74, 6) is 0.627. The van der Waals surface area contributed by atoms with Crippen molar-refractivity contribution in [3.05, 3.63) is 23.5 Å². The van der Waals surface area contributed by atoms with Gasteiger partial charge in [-0.2, -0.15) is 0 Å². The van der Waals surface area contributed by atoms with E-state index < -0.39 is 9.84 Å². The third-order valence-electron chi connectivity index (χ3n) is 4.71. The summed E-state index contributed by atoms with van der Waals surface area (Å²) in [6.45, 7) is 4.48. The van der Waals surface area contributed by atoms with Crippen LogP contribution >= 0.6 is 0 Å². The van der Waals surface area contributed by atoms with Crippen LogP contribution in [0.25, 0.3) is 0 Å². The molecule has 0 spiro atoms. The Balaban J connectivity index is 1.97. The topological polar surface area (TPSA) is 65.1 Å². The Morgan fingerprint density at radius 3 is 2.85 bits per heavy atom. The van der Waals surface area contributed by atoms with Crippen LogP contribution in [0.15, 0.2) is 12.3 Å². The zero-order chi connectivity index (χ0) is 14.5. The molecule has 3 rings (SSSR count). The van der Waals surface area contributed by atoms with Crippen LogP contribution < -0.4 is 5.73 Å². The van der Waals surface area contributed by atoms with E-state index in [1.165, 1.54) is 11.3 Å². The molecule has 1 aliphatic carbocycles. The zero-order valence-corrected chi connectivity index (χ0v) is 13.1. The lowest BCUT2D eigenvalue weighted by Gasteiger charge is -2.36. The second kappa shape index (κ2) is 4.60. The fraction of sp³-hybridized carbons (Fsp3) is 0.733. The predicted octanol–water partition coefficient (Wildman–Crippen LogP) is 2.21. The minimum atomic E-state index is -2.88. The van der Waals surface area contributed by atoms with Crippen molar-refractivity contribution in [1.29, 1.82) is 0 Å². The fourth-order valence-corrected chi connectivity index (χ4v) is 5.50. The minimum absolute atomic E-state index is 0.0789. The first-order valence-corrected chi connectivity index (χ1v) is 9.25. The lowest BCUT2D eigenvalue weighted by Crippen LogP contribution is -2.33. The van der Waals surface area contributed by atoms with Gasteiger partial charge >= 0.3 is 0 Å². The maximum Gasteiger partial charge on any atom is 0.152 e. The molecule has 0 amide bonds. The maximum absolute atomic E-state index is 11.9. The molecular formula is C15H24N2O2S. The number of sulfone groups is 1. The largest absolute Gasteiger partial charge is 0.347 e. The van der Waals surface area contributed by atoms with Crippen molar-refractivity contribution in [1.82, 2.24) is 4.57 Å². The normalized spacial score (nSPS) is 31.8. The van der Waals surface area contributed by atoms with Crippen molar-refractivity contribution < 1.29 is 8.42 Å². The Labute approximate surface area is 121 Å². The highest BCUT2D eigenvalue weighted by Gasteiger charge is 2.35. The van der Waals surface area contributed by atoms with E-state index in [4.69, 9.17) is 5.73 Å². The molecular weight excluding hydrogens is 272 g/mol. The van der Waals surface area contributed by atoms with Crippen LogP contribution in [0.1, 0.15) is 56.5 Å². The smallest absolute Gasteiger partial charge is 0.152 e. The molecule has 1 fully saturated rings. The first-order valence-electron chi connectivity index (χ1n) is 7.43. The molecule has 1 aromatic rings. The highest BCUT2D eigenvalue weighted by molar-refractivity contribution is 7.91. The molecule has 0 aromatic carbocycles. The van der Waals surface area contributed by atoms with E-state index in [0.29, 0.717) is 5.75 Å². The van der Waals surface area contributed by atoms with Crippen LogP contribution in [-0.2, 0) is 16.3 Å². The van der Waals surface area contributed by atoms with Crippen molar-refractivity contribution in [2.45, 2.75) is 51.6 Å². The van der Waals surface area contributed by atoms with E-state index in [1.54, 1.807) is 0 Å². The zero-order valence-electron chi connectivity index (χ0n) is 12.3. The molecule has 0 bridgehead atoms. The van der Waals surface area contributed by atoms with E-state index in [1.807, 2.05) is 0 Å². The van der Waals surface area contributed by atoms with Gasteiger partial charge in [-0.25, -0.2) is 8.42 Å². The molecule has 2 N–H and O–H groups in total. The number of aromatic nitrogens is 1. The molecule has 2 aliphatic rings. The highest BCUT2D eigenvalue weighted by atomic mass is 32.2. The molecule has 20 heavy (non-hydrogen) atoms. The summed E-state index contributed by atoms with van der Waals surface area (Å²) in [5.41, 5.74) is 8.95. The van der Waals surface area contributed by atoms with Gasteiger partial charge < -0.3 is 10.3 Å². The number of fused-ring (bicyclic) bond motifs is 1. The van der Waals surface area contributed by atoms with Gasteiger partial charge in [0.15, 0.2) is 9.84 Å². The third-order valence-corrected chi connectivity index (χ3v) is 6.51. The van der Waals surface area contributed by atoms with Crippen LogP contribution in [0.4, 0.5) is 0 Å². The molecule has 2 unspecified atom stereocenters. The summed E-state index contributed by atoms with van der Waals surface area (Å²) in [7, 11) is -2.88. The number of rotatable bonds is 1. The van der Waals surface area contributed by atoms with Gasteiger partial charge in [0.1, 0.15) is 0 Å². The SMILES string of the molecule is CC1(C)Cc2c(ccn2C2CCCS(=O)(=O)C2)C(N)C1.